The first-order valence-corrected chi connectivity index (χ1v) is 1.70. The van der Waals surface area contributed by atoms with Gasteiger partial charge < -0.3 is 0 Å². The Labute approximate surface area is 38.7 Å². The quantitative estimate of drug-likeness (QED) is 0.538. The van der Waals surface area contributed by atoms with Gasteiger partial charge in [0.05, 0.1) is 6.54 Å². The fraction of sp³-hybridized carbons (Fsp3) is 1.00. The highest BCUT2D eigenvalue weighted by Gasteiger charge is 1.94. The van der Waals surface area contributed by atoms with Crippen LogP contribution in [0.2, 0.25) is 0 Å². The van der Waals surface area contributed by atoms with E-state index in [1.165, 1.54) is 0 Å². The first kappa shape index (κ1) is 6.71. The predicted octanol–water partition coefficient (Wildman–Crippen LogP) is 0.532. The van der Waals surface area contributed by atoms with Crippen molar-refractivity contribution in [2.45, 2.75) is 0 Å². The number of halogens is 3. The molecule has 2 nitrogen and oxygen atoms in total. The average Bonchev–Trinajstić information content (AvgIpc) is 1.61. The van der Waals surface area contributed by atoms with Gasteiger partial charge in [-0.15, -0.1) is 13.4 Å². The Kier molecular flexibility index (Phi) is 3.72. The summed E-state index contributed by atoms with van der Waals surface area (Å²) in [6.07, 6.45) is 0. The van der Waals surface area contributed by atoms with Crippen LogP contribution >= 0.6 is 0 Å². The minimum Gasteiger partial charge on any atom is -0.158 e. The zero-order valence-electron chi connectivity index (χ0n) is 3.50. The van der Waals surface area contributed by atoms with E-state index in [2.05, 4.69) is 0 Å². The van der Waals surface area contributed by atoms with Crippen molar-refractivity contribution >= 4 is 0 Å². The maximum absolute atomic E-state index is 10.8. The van der Waals surface area contributed by atoms with Gasteiger partial charge in [0.15, 0.2) is 0 Å². The molecule has 0 aromatic rings. The maximum Gasteiger partial charge on any atom is 0.0770 e. The van der Waals surface area contributed by atoms with Gasteiger partial charge in [0.25, 0.3) is 0 Å². The SMILES string of the molecule is FNCCN(F)F. The van der Waals surface area contributed by atoms with Crippen molar-refractivity contribution < 1.29 is 13.4 Å². The van der Waals surface area contributed by atoms with Crippen LogP contribution in [0.15, 0.2) is 0 Å². The number of nitrogens with zero attached hydrogens (tertiary/aromatic N) is 1. The van der Waals surface area contributed by atoms with Crippen LogP contribution in [0.4, 0.5) is 13.4 Å². The van der Waals surface area contributed by atoms with Gasteiger partial charge in [-0.3, -0.25) is 0 Å². The molecule has 0 aliphatic heterocycles. The fourth-order valence-electron chi connectivity index (χ4n) is 0.127. The van der Waals surface area contributed by atoms with Crippen molar-refractivity contribution in [1.82, 2.24) is 10.9 Å². The average molecular weight is 114 g/mol. The molecule has 0 aromatic carbocycles. The van der Waals surface area contributed by atoms with Crippen LogP contribution in [0.5, 0.6) is 0 Å². The van der Waals surface area contributed by atoms with E-state index in [1.807, 2.05) is 0 Å². The molecule has 1 N–H and O–H groups in total. The van der Waals surface area contributed by atoms with E-state index in [0.717, 1.165) is 5.54 Å². The summed E-state index contributed by atoms with van der Waals surface area (Å²) in [6, 6.07) is 0. The lowest BCUT2D eigenvalue weighted by Gasteiger charge is -1.94. The van der Waals surface area contributed by atoms with E-state index in [1.54, 1.807) is 0 Å². The Bertz CT molecular complexity index is 39.9. The van der Waals surface area contributed by atoms with Crippen LogP contribution in [0, 0.1) is 0 Å². The molecule has 0 atom stereocenters. The summed E-state index contributed by atoms with van der Waals surface area (Å²) in [5.74, 6) is 0. The Hall–Kier alpha value is -0.290. The number of hydrogen-bond acceptors (Lipinski definition) is 2. The van der Waals surface area contributed by atoms with E-state index >= 15 is 0 Å². The topological polar surface area (TPSA) is 15.3 Å². The van der Waals surface area contributed by atoms with Gasteiger partial charge >= 0.3 is 0 Å². The third-order valence-electron chi connectivity index (χ3n) is 0.375. The molecule has 0 heterocycles. The number of hydrogen-bond donors (Lipinski definition) is 1. The third kappa shape index (κ3) is 5.71. The molecule has 0 rings (SSSR count). The molecule has 0 aliphatic carbocycles. The Morgan fingerprint density at radius 3 is 2.14 bits per heavy atom. The molecular formula is C2H5F3N2. The Morgan fingerprint density at radius 1 is 1.43 bits per heavy atom. The molecule has 0 saturated heterocycles. The zero-order valence-corrected chi connectivity index (χ0v) is 3.50. The van der Waals surface area contributed by atoms with Gasteiger partial charge in [-0.05, 0) is 0 Å². The molecule has 0 aromatic heterocycles. The molecule has 0 bridgehead atoms. The molecule has 0 amide bonds. The summed E-state index contributed by atoms with van der Waals surface area (Å²) in [5.41, 5.74) is 1.08. The summed E-state index contributed by atoms with van der Waals surface area (Å²) in [7, 11) is 0. The minimum absolute atomic E-state index is 0.340. The molecule has 0 saturated carbocycles. The first-order valence-electron chi connectivity index (χ1n) is 1.70. The van der Waals surface area contributed by atoms with Gasteiger partial charge in [0.1, 0.15) is 0 Å². The van der Waals surface area contributed by atoms with Crippen LogP contribution < -0.4 is 5.54 Å². The zero-order chi connectivity index (χ0) is 5.70. The van der Waals surface area contributed by atoms with Gasteiger partial charge in [-0.2, -0.15) is 5.54 Å². The van der Waals surface area contributed by atoms with Gasteiger partial charge in [-0.25, -0.2) is 0 Å². The largest absolute Gasteiger partial charge is 0.158 e. The van der Waals surface area contributed by atoms with Crippen molar-refractivity contribution in [2.75, 3.05) is 13.1 Å². The van der Waals surface area contributed by atoms with Gasteiger partial charge in [0.2, 0.25) is 0 Å². The number of nitrogens with one attached hydrogen (secondary N) is 1. The molecule has 0 radical (unpaired) electrons. The summed E-state index contributed by atoms with van der Waals surface area (Å²) in [6.45, 7) is -0.927. The Balaban J connectivity index is 2.68. The van der Waals surface area contributed by atoms with Crippen molar-refractivity contribution in [3.05, 3.63) is 0 Å². The van der Waals surface area contributed by atoms with E-state index in [9.17, 15) is 13.4 Å². The smallest absolute Gasteiger partial charge is 0.0770 e. The van der Waals surface area contributed by atoms with Gasteiger partial charge in [-0.1, -0.05) is 0 Å². The number of rotatable bonds is 3. The van der Waals surface area contributed by atoms with Gasteiger partial charge in [0, 0.05) is 11.9 Å². The van der Waals surface area contributed by atoms with Crippen LogP contribution in [0.25, 0.3) is 0 Å². The van der Waals surface area contributed by atoms with E-state index in [-0.39, 0.29) is 6.54 Å². The fourth-order valence-corrected chi connectivity index (χ4v) is 0.127. The summed E-state index contributed by atoms with van der Waals surface area (Å²) in [4.78, 5) is 0. The van der Waals surface area contributed by atoms with Crippen LogP contribution in [0.1, 0.15) is 0 Å². The highest BCUT2D eigenvalue weighted by atomic mass is 19.4. The molecule has 0 fully saturated rings. The molecular weight excluding hydrogens is 109 g/mol. The monoisotopic (exact) mass is 114 g/mol. The normalized spacial score (nSPS) is 10.3. The second kappa shape index (κ2) is 3.89. The van der Waals surface area contributed by atoms with Crippen LogP contribution in [0.3, 0.4) is 0 Å². The highest BCUT2D eigenvalue weighted by Crippen LogP contribution is 1.83. The Morgan fingerprint density at radius 2 is 2.00 bits per heavy atom. The second-order valence-corrected chi connectivity index (χ2v) is 0.910. The molecule has 44 valence electrons. The van der Waals surface area contributed by atoms with Crippen LogP contribution in [-0.2, 0) is 0 Å². The maximum atomic E-state index is 10.8. The standard InChI is InChI=1S/C2H5F3N2/c3-6-1-2-7(4)5/h6H,1-2H2. The molecule has 0 unspecified atom stereocenters. The van der Waals surface area contributed by atoms with Crippen molar-refractivity contribution in [3.8, 4) is 0 Å². The van der Waals surface area contributed by atoms with Crippen LogP contribution in [-0.4, -0.2) is 18.4 Å². The lowest BCUT2D eigenvalue weighted by molar-refractivity contribution is -0.152. The second-order valence-electron chi connectivity index (χ2n) is 0.910. The lowest BCUT2D eigenvalue weighted by Crippen LogP contribution is -2.15. The third-order valence-corrected chi connectivity index (χ3v) is 0.375. The highest BCUT2D eigenvalue weighted by molar-refractivity contribution is 4.30. The van der Waals surface area contributed by atoms with Crippen molar-refractivity contribution in [2.24, 2.45) is 0 Å². The van der Waals surface area contributed by atoms with Crippen molar-refractivity contribution in [3.63, 3.8) is 0 Å². The summed E-state index contributed by atoms with van der Waals surface area (Å²) < 4.78 is 32.4. The predicted molar refractivity (Wildman–Crippen MR) is 18.0 cm³/mol. The molecule has 0 spiro atoms. The molecule has 0 aliphatic rings. The molecule has 5 heteroatoms. The molecule has 7 heavy (non-hydrogen) atoms. The van der Waals surface area contributed by atoms with E-state index in [0.29, 0.717) is 0 Å². The van der Waals surface area contributed by atoms with Crippen molar-refractivity contribution in [1.29, 1.82) is 0 Å². The lowest BCUT2D eigenvalue weighted by atomic mass is 10.7. The summed E-state index contributed by atoms with van der Waals surface area (Å²) >= 11 is 0. The minimum atomic E-state index is -1.09. The van der Waals surface area contributed by atoms with E-state index in [4.69, 9.17) is 0 Å². The van der Waals surface area contributed by atoms with E-state index < -0.39 is 11.9 Å². The summed E-state index contributed by atoms with van der Waals surface area (Å²) in [5, 5.41) is -1.09. The first-order chi connectivity index (χ1) is 3.27.